The van der Waals surface area contributed by atoms with Crippen LogP contribution in [0.25, 0.3) is 0 Å². The number of ether oxygens (including phenoxy) is 2. The Morgan fingerprint density at radius 1 is 0.844 bits per heavy atom. The third-order valence-electron chi connectivity index (χ3n) is 5.39. The van der Waals surface area contributed by atoms with Gasteiger partial charge in [0.15, 0.2) is 0 Å². The molecule has 1 amide bonds. The number of pyridine rings is 1. The number of amides is 1. The highest BCUT2D eigenvalue weighted by atomic mass is 19.4. The zero-order chi connectivity index (χ0) is 23.7. The molecular formula is C23H21F3N2O4. The van der Waals surface area contributed by atoms with E-state index in [1.54, 1.807) is 48.5 Å². The SMILES string of the molecule is COc1ccc(C(C)(c2ccc(OC)cc2)n2c(C(F)(F)F)ccc(C(N)=O)c2=O)cc1. The first-order valence-electron chi connectivity index (χ1n) is 9.46. The molecular weight excluding hydrogens is 425 g/mol. The summed E-state index contributed by atoms with van der Waals surface area (Å²) in [6, 6.07) is 14.0. The molecule has 0 aliphatic rings. The summed E-state index contributed by atoms with van der Waals surface area (Å²) in [5.74, 6) is -0.149. The molecule has 2 N–H and O–H groups in total. The molecule has 0 saturated carbocycles. The molecule has 0 saturated heterocycles. The molecule has 9 heteroatoms. The van der Waals surface area contributed by atoms with Crippen LogP contribution in [0.4, 0.5) is 13.2 Å². The number of benzene rings is 2. The Balaban J connectivity index is 2.46. The van der Waals surface area contributed by atoms with E-state index in [2.05, 4.69) is 0 Å². The van der Waals surface area contributed by atoms with E-state index in [1.807, 2.05) is 0 Å². The lowest BCUT2D eigenvalue weighted by atomic mass is 9.83. The molecule has 0 atom stereocenters. The van der Waals surface area contributed by atoms with E-state index in [4.69, 9.17) is 15.2 Å². The van der Waals surface area contributed by atoms with Gasteiger partial charge in [0.2, 0.25) is 0 Å². The minimum Gasteiger partial charge on any atom is -0.497 e. The number of hydrogen-bond donors (Lipinski definition) is 1. The lowest BCUT2D eigenvalue weighted by Gasteiger charge is -2.36. The largest absolute Gasteiger partial charge is 0.497 e. The Morgan fingerprint density at radius 3 is 1.62 bits per heavy atom. The van der Waals surface area contributed by atoms with Gasteiger partial charge in [-0.3, -0.25) is 14.2 Å². The number of carbonyl (C=O) groups is 1. The van der Waals surface area contributed by atoms with Crippen molar-refractivity contribution in [2.24, 2.45) is 5.73 Å². The number of halogens is 3. The zero-order valence-electron chi connectivity index (χ0n) is 17.6. The first-order chi connectivity index (χ1) is 15.0. The Morgan fingerprint density at radius 2 is 1.28 bits per heavy atom. The predicted molar refractivity (Wildman–Crippen MR) is 112 cm³/mol. The Kier molecular flexibility index (Phi) is 6.03. The standard InChI is InChI=1S/C23H21F3N2O4/c1-22(14-4-8-16(31-2)9-5-14,15-6-10-17(32-3)11-7-15)28-19(23(24,25)26)13-12-18(20(27)29)21(28)30/h4-13H,1-3H3,(H2,27,29). The summed E-state index contributed by atoms with van der Waals surface area (Å²) >= 11 is 0. The van der Waals surface area contributed by atoms with Crippen molar-refractivity contribution >= 4 is 5.91 Å². The Bertz CT molecular complexity index is 1140. The van der Waals surface area contributed by atoms with Crippen LogP contribution in [-0.4, -0.2) is 24.7 Å². The zero-order valence-corrected chi connectivity index (χ0v) is 17.6. The minimum absolute atomic E-state index is 0.359. The molecule has 168 valence electrons. The molecule has 0 radical (unpaired) electrons. The van der Waals surface area contributed by atoms with Crippen LogP contribution in [0.3, 0.4) is 0 Å². The fourth-order valence-corrected chi connectivity index (χ4v) is 3.65. The van der Waals surface area contributed by atoms with E-state index >= 15 is 0 Å². The third kappa shape index (κ3) is 3.93. The molecule has 3 aromatic rings. The first kappa shape index (κ1) is 22.9. The van der Waals surface area contributed by atoms with Crippen molar-refractivity contribution in [3.8, 4) is 11.5 Å². The molecule has 1 heterocycles. The molecule has 2 aromatic carbocycles. The number of rotatable bonds is 6. The van der Waals surface area contributed by atoms with Gasteiger partial charge in [0.25, 0.3) is 11.5 Å². The summed E-state index contributed by atoms with van der Waals surface area (Å²) in [6.45, 7) is 1.47. The number of methoxy groups -OCH3 is 2. The van der Waals surface area contributed by atoms with Gasteiger partial charge in [-0.25, -0.2) is 0 Å². The molecule has 3 rings (SSSR count). The molecule has 0 aliphatic carbocycles. The maximum absolute atomic E-state index is 14.0. The van der Waals surface area contributed by atoms with E-state index in [0.717, 1.165) is 6.07 Å². The van der Waals surface area contributed by atoms with E-state index in [9.17, 15) is 22.8 Å². The smallest absolute Gasteiger partial charge is 0.431 e. The number of nitrogens with zero attached hydrogens (tertiary/aromatic N) is 1. The monoisotopic (exact) mass is 446 g/mol. The second-order valence-corrected chi connectivity index (χ2v) is 7.16. The van der Waals surface area contributed by atoms with Crippen molar-refractivity contribution in [1.82, 2.24) is 4.57 Å². The van der Waals surface area contributed by atoms with Crippen molar-refractivity contribution in [3.63, 3.8) is 0 Å². The molecule has 32 heavy (non-hydrogen) atoms. The lowest BCUT2D eigenvalue weighted by molar-refractivity contribution is -0.145. The number of nitrogens with two attached hydrogens (primary N) is 1. The molecule has 0 fully saturated rings. The molecule has 0 aliphatic heterocycles. The molecule has 1 aromatic heterocycles. The topological polar surface area (TPSA) is 83.5 Å². The minimum atomic E-state index is -4.88. The summed E-state index contributed by atoms with van der Waals surface area (Å²) in [6.07, 6.45) is -4.88. The van der Waals surface area contributed by atoms with Crippen LogP contribution in [0.2, 0.25) is 0 Å². The van der Waals surface area contributed by atoms with Crippen LogP contribution in [0.15, 0.2) is 65.5 Å². The highest BCUT2D eigenvalue weighted by Crippen LogP contribution is 2.39. The van der Waals surface area contributed by atoms with Gasteiger partial charge < -0.3 is 15.2 Å². The van der Waals surface area contributed by atoms with Crippen LogP contribution in [-0.2, 0) is 11.7 Å². The number of aromatic nitrogens is 1. The number of alkyl halides is 3. The average molecular weight is 446 g/mol. The number of primary amides is 1. The maximum Gasteiger partial charge on any atom is 0.431 e. The quantitative estimate of drug-likeness (QED) is 0.625. The van der Waals surface area contributed by atoms with Gasteiger partial charge in [-0.1, -0.05) is 24.3 Å². The van der Waals surface area contributed by atoms with E-state index in [1.165, 1.54) is 21.1 Å². The normalized spacial score (nSPS) is 11.8. The number of hydrogen-bond acceptors (Lipinski definition) is 4. The summed E-state index contributed by atoms with van der Waals surface area (Å²) in [4.78, 5) is 25.0. The Labute approximate surface area is 182 Å². The van der Waals surface area contributed by atoms with Crippen LogP contribution in [0.1, 0.15) is 34.1 Å². The maximum atomic E-state index is 14.0. The van der Waals surface area contributed by atoms with Crippen LogP contribution >= 0.6 is 0 Å². The number of carbonyl (C=O) groups excluding carboxylic acids is 1. The molecule has 0 unspecified atom stereocenters. The third-order valence-corrected chi connectivity index (χ3v) is 5.39. The van der Waals surface area contributed by atoms with Gasteiger partial charge in [0.1, 0.15) is 22.8 Å². The van der Waals surface area contributed by atoms with Crippen molar-refractivity contribution in [1.29, 1.82) is 0 Å². The summed E-state index contributed by atoms with van der Waals surface area (Å²) < 4.78 is 53.0. The van der Waals surface area contributed by atoms with Crippen molar-refractivity contribution in [2.45, 2.75) is 18.6 Å². The fraction of sp³-hybridized carbons (Fsp3) is 0.217. The van der Waals surface area contributed by atoms with Gasteiger partial charge in [0.05, 0.1) is 19.8 Å². The predicted octanol–water partition coefficient (Wildman–Crippen LogP) is 3.80. The van der Waals surface area contributed by atoms with E-state index in [-0.39, 0.29) is 0 Å². The van der Waals surface area contributed by atoms with Gasteiger partial charge >= 0.3 is 6.18 Å². The second-order valence-electron chi connectivity index (χ2n) is 7.16. The summed E-state index contributed by atoms with van der Waals surface area (Å²) in [5.41, 5.74) is 1.41. The van der Waals surface area contributed by atoms with Gasteiger partial charge in [0, 0.05) is 0 Å². The van der Waals surface area contributed by atoms with Crippen molar-refractivity contribution < 1.29 is 27.4 Å². The highest BCUT2D eigenvalue weighted by Gasteiger charge is 2.43. The van der Waals surface area contributed by atoms with E-state index < -0.39 is 34.4 Å². The van der Waals surface area contributed by atoms with E-state index in [0.29, 0.717) is 33.3 Å². The van der Waals surface area contributed by atoms with Crippen LogP contribution < -0.4 is 20.8 Å². The highest BCUT2D eigenvalue weighted by molar-refractivity contribution is 5.92. The van der Waals surface area contributed by atoms with Gasteiger partial charge in [-0.15, -0.1) is 0 Å². The van der Waals surface area contributed by atoms with Crippen molar-refractivity contribution in [3.05, 3.63) is 93.4 Å². The lowest BCUT2D eigenvalue weighted by Crippen LogP contribution is -2.46. The van der Waals surface area contributed by atoms with Crippen molar-refractivity contribution in [2.75, 3.05) is 14.2 Å². The second kappa shape index (κ2) is 8.41. The van der Waals surface area contributed by atoms with Crippen LogP contribution in [0.5, 0.6) is 11.5 Å². The van der Waals surface area contributed by atoms with Crippen LogP contribution in [0, 0.1) is 0 Å². The fourth-order valence-electron chi connectivity index (χ4n) is 3.65. The Hall–Kier alpha value is -3.75. The molecule has 6 nitrogen and oxygen atoms in total. The first-order valence-corrected chi connectivity index (χ1v) is 9.46. The molecule has 0 bridgehead atoms. The summed E-state index contributed by atoms with van der Waals surface area (Å²) in [7, 11) is 2.92. The molecule has 0 spiro atoms. The average Bonchev–Trinajstić information content (AvgIpc) is 2.77. The summed E-state index contributed by atoms with van der Waals surface area (Å²) in [5, 5.41) is 0. The van der Waals surface area contributed by atoms with Gasteiger partial charge in [-0.05, 0) is 54.4 Å². The van der Waals surface area contributed by atoms with Gasteiger partial charge in [-0.2, -0.15) is 13.2 Å².